The van der Waals surface area contributed by atoms with Gasteiger partial charge >= 0.3 is 0 Å². The fourth-order valence-electron chi connectivity index (χ4n) is 2.71. The fraction of sp³-hybridized carbons (Fsp3) is 0.400. The average molecular weight is 336 g/mol. The first-order valence-electron chi connectivity index (χ1n) is 7.14. The summed E-state index contributed by atoms with van der Waals surface area (Å²) in [7, 11) is 0. The number of piperidine rings is 1. The second kappa shape index (κ2) is 6.66. The highest BCUT2D eigenvalue weighted by Gasteiger charge is 2.37. The van der Waals surface area contributed by atoms with Crippen molar-refractivity contribution < 1.29 is 14.4 Å². The Hall–Kier alpha value is -1.60. The van der Waals surface area contributed by atoms with E-state index in [2.05, 4.69) is 0 Å². The van der Waals surface area contributed by atoms with Gasteiger partial charge in [0.15, 0.2) is 0 Å². The minimum atomic E-state index is -0.146. The summed E-state index contributed by atoms with van der Waals surface area (Å²) >= 11 is 2.66. The maximum Gasteiger partial charge on any atom is 0.289 e. The van der Waals surface area contributed by atoms with E-state index in [9.17, 15) is 14.4 Å². The Labute approximate surface area is 137 Å². The minimum absolute atomic E-state index is 0.0136. The van der Waals surface area contributed by atoms with E-state index in [4.69, 9.17) is 0 Å². The van der Waals surface area contributed by atoms with Gasteiger partial charge in [-0.1, -0.05) is 17.8 Å². The van der Waals surface area contributed by atoms with E-state index in [0.29, 0.717) is 25.9 Å². The van der Waals surface area contributed by atoms with Crippen LogP contribution in [-0.4, -0.2) is 51.7 Å². The molecular weight excluding hydrogens is 320 g/mol. The van der Waals surface area contributed by atoms with Crippen LogP contribution in [0.3, 0.4) is 0 Å². The van der Waals surface area contributed by atoms with Gasteiger partial charge in [-0.3, -0.25) is 19.3 Å². The highest BCUT2D eigenvalue weighted by atomic mass is 32.2. The Kier molecular flexibility index (Phi) is 4.63. The lowest BCUT2D eigenvalue weighted by molar-refractivity contribution is -0.129. The first-order chi connectivity index (χ1) is 10.6. The van der Waals surface area contributed by atoms with E-state index in [0.717, 1.165) is 16.6 Å². The third kappa shape index (κ3) is 3.25. The molecule has 0 aromatic carbocycles. The van der Waals surface area contributed by atoms with Crippen molar-refractivity contribution in [1.82, 2.24) is 9.80 Å². The second-order valence-corrected chi connectivity index (χ2v) is 7.13. The lowest BCUT2D eigenvalue weighted by Crippen LogP contribution is -2.48. The number of thioether (sulfide) groups is 1. The lowest BCUT2D eigenvalue weighted by atomic mass is 10.0. The Morgan fingerprint density at radius 2 is 2.05 bits per heavy atom. The van der Waals surface area contributed by atoms with Gasteiger partial charge in [0, 0.05) is 30.1 Å². The van der Waals surface area contributed by atoms with Crippen molar-refractivity contribution in [2.24, 2.45) is 0 Å². The second-order valence-electron chi connectivity index (χ2n) is 5.22. The predicted octanol–water partition coefficient (Wildman–Crippen LogP) is 2.45. The van der Waals surface area contributed by atoms with Crippen molar-refractivity contribution >= 4 is 46.2 Å². The van der Waals surface area contributed by atoms with Crippen molar-refractivity contribution in [3.63, 3.8) is 0 Å². The van der Waals surface area contributed by atoms with Crippen LogP contribution in [0.15, 0.2) is 23.6 Å². The summed E-state index contributed by atoms with van der Waals surface area (Å²) in [6, 6.07) is 3.85. The van der Waals surface area contributed by atoms with Crippen LogP contribution in [0, 0.1) is 0 Å². The van der Waals surface area contributed by atoms with Crippen molar-refractivity contribution in [3.05, 3.63) is 28.5 Å². The number of carbonyl (C=O) groups excluding carboxylic acids is 3. The third-order valence-electron chi connectivity index (χ3n) is 3.86. The number of imide groups is 1. The van der Waals surface area contributed by atoms with Crippen LogP contribution in [0.1, 0.15) is 17.7 Å². The van der Waals surface area contributed by atoms with E-state index < -0.39 is 0 Å². The molecule has 22 heavy (non-hydrogen) atoms. The smallest absolute Gasteiger partial charge is 0.289 e. The van der Waals surface area contributed by atoms with Gasteiger partial charge in [-0.2, -0.15) is 0 Å². The molecule has 0 radical (unpaired) electrons. The molecule has 7 heteroatoms. The van der Waals surface area contributed by atoms with E-state index in [1.165, 1.54) is 4.90 Å². The molecule has 0 saturated carbocycles. The molecule has 1 aromatic heterocycles. The molecule has 2 aliphatic heterocycles. The monoisotopic (exact) mass is 336 g/mol. The van der Waals surface area contributed by atoms with Crippen LogP contribution < -0.4 is 0 Å². The standard InChI is InChI=1S/C15H16N2O3S2/c18-13(4-3-12-2-1-9-21-12)16-7-5-11(6-8-16)17-14(19)10-22-15(17)20/h1-4,9,11H,5-8,10H2/b4-3+. The van der Waals surface area contributed by atoms with E-state index in [1.807, 2.05) is 23.6 Å². The highest BCUT2D eigenvalue weighted by Crippen LogP contribution is 2.26. The van der Waals surface area contributed by atoms with Crippen LogP contribution in [0.4, 0.5) is 4.79 Å². The molecule has 2 saturated heterocycles. The van der Waals surface area contributed by atoms with Crippen LogP contribution in [0.25, 0.3) is 6.08 Å². The number of nitrogens with zero attached hydrogens (tertiary/aromatic N) is 2. The Balaban J connectivity index is 1.54. The number of amides is 3. The third-order valence-corrected chi connectivity index (χ3v) is 5.53. The van der Waals surface area contributed by atoms with Gasteiger partial charge in [0.2, 0.25) is 11.8 Å². The van der Waals surface area contributed by atoms with Crippen molar-refractivity contribution in [1.29, 1.82) is 0 Å². The topological polar surface area (TPSA) is 57.7 Å². The molecule has 2 fully saturated rings. The summed E-state index contributed by atoms with van der Waals surface area (Å²) in [5.74, 6) is 0.138. The number of rotatable bonds is 3. The van der Waals surface area contributed by atoms with Crippen molar-refractivity contribution in [3.8, 4) is 0 Å². The molecule has 3 amide bonds. The Bertz CT molecular complexity index is 588. The van der Waals surface area contributed by atoms with Gasteiger partial charge in [0.25, 0.3) is 5.24 Å². The van der Waals surface area contributed by atoms with E-state index in [-0.39, 0.29) is 28.8 Å². The molecule has 3 heterocycles. The molecule has 5 nitrogen and oxygen atoms in total. The number of carbonyl (C=O) groups is 3. The van der Waals surface area contributed by atoms with Gasteiger partial charge in [0.05, 0.1) is 5.75 Å². The molecule has 0 bridgehead atoms. The van der Waals surface area contributed by atoms with E-state index in [1.54, 1.807) is 22.3 Å². The quantitative estimate of drug-likeness (QED) is 0.796. The fourth-order valence-corrected chi connectivity index (χ4v) is 4.10. The number of likely N-dealkylation sites (tertiary alicyclic amines) is 1. The minimum Gasteiger partial charge on any atom is -0.339 e. The first-order valence-corrected chi connectivity index (χ1v) is 9.01. The van der Waals surface area contributed by atoms with Crippen molar-refractivity contribution in [2.45, 2.75) is 18.9 Å². The summed E-state index contributed by atoms with van der Waals surface area (Å²) in [6.07, 6.45) is 4.74. The molecule has 0 N–H and O–H groups in total. The molecule has 0 atom stereocenters. The summed E-state index contributed by atoms with van der Waals surface area (Å²) in [4.78, 5) is 39.8. The SMILES string of the molecule is O=C(/C=C/c1cccs1)N1CCC(N2C(=O)CSC2=O)CC1. The largest absolute Gasteiger partial charge is 0.339 e. The number of hydrogen-bond acceptors (Lipinski definition) is 5. The maximum absolute atomic E-state index is 12.1. The molecule has 3 rings (SSSR count). The van der Waals surface area contributed by atoms with Gasteiger partial charge in [0.1, 0.15) is 0 Å². The van der Waals surface area contributed by atoms with Crippen molar-refractivity contribution in [2.75, 3.05) is 18.8 Å². The van der Waals surface area contributed by atoms with Crippen LogP contribution >= 0.6 is 23.1 Å². The number of thiophene rings is 1. The lowest BCUT2D eigenvalue weighted by Gasteiger charge is -2.34. The molecule has 1 aromatic rings. The van der Waals surface area contributed by atoms with Gasteiger partial charge in [-0.05, 0) is 30.4 Å². The Morgan fingerprint density at radius 3 is 2.64 bits per heavy atom. The Morgan fingerprint density at radius 1 is 1.27 bits per heavy atom. The summed E-state index contributed by atoms with van der Waals surface area (Å²) < 4.78 is 0. The summed E-state index contributed by atoms with van der Waals surface area (Å²) in [5.41, 5.74) is 0. The molecule has 2 aliphatic rings. The van der Waals surface area contributed by atoms with Gasteiger partial charge < -0.3 is 4.90 Å². The normalized spacial score (nSPS) is 20.4. The van der Waals surface area contributed by atoms with Crippen LogP contribution in [0.5, 0.6) is 0 Å². The highest BCUT2D eigenvalue weighted by molar-refractivity contribution is 8.14. The number of hydrogen-bond donors (Lipinski definition) is 0. The van der Waals surface area contributed by atoms with Crippen LogP contribution in [-0.2, 0) is 9.59 Å². The molecule has 0 aliphatic carbocycles. The van der Waals surface area contributed by atoms with Gasteiger partial charge in [-0.25, -0.2) is 0 Å². The average Bonchev–Trinajstić information content (AvgIpc) is 3.15. The summed E-state index contributed by atoms with van der Waals surface area (Å²) in [6.45, 7) is 1.17. The summed E-state index contributed by atoms with van der Waals surface area (Å²) in [5, 5.41) is 1.82. The van der Waals surface area contributed by atoms with Crippen LogP contribution in [0.2, 0.25) is 0 Å². The molecule has 116 valence electrons. The predicted molar refractivity (Wildman–Crippen MR) is 87.7 cm³/mol. The maximum atomic E-state index is 12.1. The zero-order valence-electron chi connectivity index (χ0n) is 11.9. The van der Waals surface area contributed by atoms with E-state index >= 15 is 0 Å². The first kappa shape index (κ1) is 15.3. The molecule has 0 spiro atoms. The zero-order chi connectivity index (χ0) is 15.5. The van der Waals surface area contributed by atoms with Gasteiger partial charge in [-0.15, -0.1) is 11.3 Å². The molecular formula is C15H16N2O3S2. The molecule has 0 unspecified atom stereocenters. The zero-order valence-corrected chi connectivity index (χ0v) is 13.6.